The average Bonchev–Trinajstić information content (AvgIpc) is 2.68. The summed E-state index contributed by atoms with van der Waals surface area (Å²) in [5, 5.41) is 2.94. The third-order valence-electron chi connectivity index (χ3n) is 5.07. The van der Waals surface area contributed by atoms with Gasteiger partial charge in [0, 0.05) is 19.5 Å². The van der Waals surface area contributed by atoms with Gasteiger partial charge < -0.3 is 5.32 Å². The van der Waals surface area contributed by atoms with Crippen LogP contribution in [0, 0.1) is 6.92 Å². The van der Waals surface area contributed by atoms with Crippen LogP contribution in [0.5, 0.6) is 0 Å². The molecule has 1 N–H and O–H groups in total. The van der Waals surface area contributed by atoms with Crippen LogP contribution in [0.3, 0.4) is 0 Å². The van der Waals surface area contributed by atoms with Crippen molar-refractivity contribution in [2.24, 2.45) is 0 Å². The van der Waals surface area contributed by atoms with Crippen molar-refractivity contribution in [3.63, 3.8) is 0 Å². The highest BCUT2D eigenvalue weighted by Crippen LogP contribution is 2.19. The Kier molecular flexibility index (Phi) is 8.90. The normalized spacial score (nSPS) is 11.5. The van der Waals surface area contributed by atoms with E-state index in [1.165, 1.54) is 21.7 Å². The Morgan fingerprint density at radius 1 is 1.07 bits per heavy atom. The average molecular weight is 431 g/mol. The van der Waals surface area contributed by atoms with Gasteiger partial charge in [-0.2, -0.15) is 0 Å². The lowest BCUT2D eigenvalue weighted by molar-refractivity contribution is -0.121. The molecule has 1 amide bonds. The lowest BCUT2D eigenvalue weighted by Crippen LogP contribution is -2.32. The van der Waals surface area contributed by atoms with Crippen LogP contribution in [-0.2, 0) is 21.2 Å². The summed E-state index contributed by atoms with van der Waals surface area (Å²) in [6.45, 7) is 7.20. The maximum atomic E-state index is 12.1. The molecule has 0 radical (unpaired) electrons. The predicted octanol–water partition coefficient (Wildman–Crippen LogP) is 4.41. The van der Waals surface area contributed by atoms with Gasteiger partial charge in [0.1, 0.15) is 0 Å². The Morgan fingerprint density at radius 2 is 1.77 bits per heavy atom. The fraction of sp³-hybridized carbons (Fsp3) is 0.458. The molecule has 0 unspecified atom stereocenters. The van der Waals surface area contributed by atoms with E-state index in [1.54, 1.807) is 6.07 Å². The number of carbonyl (C=O) groups is 1. The summed E-state index contributed by atoms with van der Waals surface area (Å²) in [5.74, 6) is 0.491. The van der Waals surface area contributed by atoms with E-state index in [1.807, 2.05) is 25.1 Å². The quantitative estimate of drug-likeness (QED) is 0.537. The van der Waals surface area contributed by atoms with Gasteiger partial charge in [0.2, 0.25) is 15.9 Å². The zero-order chi connectivity index (χ0) is 22.1. The Labute approximate surface area is 181 Å². The molecule has 0 aliphatic heterocycles. The molecule has 0 heterocycles. The molecule has 0 aliphatic carbocycles. The van der Waals surface area contributed by atoms with E-state index in [2.05, 4.69) is 43.4 Å². The number of sulfonamides is 1. The fourth-order valence-corrected chi connectivity index (χ4v) is 4.29. The number of hydrogen-bond acceptors (Lipinski definition) is 3. The highest BCUT2D eigenvalue weighted by Gasteiger charge is 2.17. The number of rotatable bonds is 11. The number of amides is 1. The van der Waals surface area contributed by atoms with Gasteiger partial charge in [0.05, 0.1) is 11.9 Å². The third kappa shape index (κ3) is 7.82. The minimum absolute atomic E-state index is 0.0390. The molecule has 0 saturated carbocycles. The molecule has 2 aromatic carbocycles. The van der Waals surface area contributed by atoms with Crippen molar-refractivity contribution in [1.82, 2.24) is 5.32 Å². The number of aryl methyl sites for hydroxylation is 2. The predicted molar refractivity (Wildman–Crippen MR) is 124 cm³/mol. The summed E-state index contributed by atoms with van der Waals surface area (Å²) in [6, 6.07) is 16.0. The first-order valence-corrected chi connectivity index (χ1v) is 12.4. The molecule has 5 nitrogen and oxygen atoms in total. The lowest BCUT2D eigenvalue weighted by Gasteiger charge is -2.22. The van der Waals surface area contributed by atoms with Gasteiger partial charge in [-0.1, -0.05) is 50.2 Å². The molecule has 2 aromatic rings. The minimum atomic E-state index is -3.39. The topological polar surface area (TPSA) is 66.5 Å². The highest BCUT2D eigenvalue weighted by atomic mass is 32.2. The number of carbonyl (C=O) groups excluding carboxylic acids is 1. The van der Waals surface area contributed by atoms with Crippen molar-refractivity contribution in [1.29, 1.82) is 0 Å². The molecule has 0 aliphatic rings. The van der Waals surface area contributed by atoms with Crippen molar-refractivity contribution in [3.05, 3.63) is 65.2 Å². The van der Waals surface area contributed by atoms with E-state index in [9.17, 15) is 13.2 Å². The van der Waals surface area contributed by atoms with Crippen molar-refractivity contribution in [3.8, 4) is 0 Å². The lowest BCUT2D eigenvalue weighted by atomic mass is 10.0. The second-order valence-electron chi connectivity index (χ2n) is 8.13. The van der Waals surface area contributed by atoms with Gasteiger partial charge in [-0.05, 0) is 60.9 Å². The summed E-state index contributed by atoms with van der Waals surface area (Å²) in [6.07, 6.45) is 3.78. The summed E-state index contributed by atoms with van der Waals surface area (Å²) in [5.41, 5.74) is 4.25. The van der Waals surface area contributed by atoms with Gasteiger partial charge in [-0.25, -0.2) is 8.42 Å². The maximum absolute atomic E-state index is 12.1. The number of hydrogen-bond donors (Lipinski definition) is 1. The molecule has 0 saturated heterocycles. The largest absolute Gasteiger partial charge is 0.356 e. The van der Waals surface area contributed by atoms with E-state index in [0.29, 0.717) is 31.0 Å². The molecule has 0 aromatic heterocycles. The van der Waals surface area contributed by atoms with E-state index in [4.69, 9.17) is 0 Å². The summed E-state index contributed by atoms with van der Waals surface area (Å²) >= 11 is 0. The maximum Gasteiger partial charge on any atom is 0.232 e. The molecule has 2 rings (SSSR count). The SMILES string of the molecule is Cc1cccc(N(CCCC(=O)NCCCc2ccc(C(C)C)cc2)S(C)(=O)=O)c1. The van der Waals surface area contributed by atoms with Crippen LogP contribution in [0.25, 0.3) is 0 Å². The smallest absolute Gasteiger partial charge is 0.232 e. The van der Waals surface area contributed by atoms with Crippen LogP contribution in [0.2, 0.25) is 0 Å². The summed E-state index contributed by atoms with van der Waals surface area (Å²) < 4.78 is 25.7. The third-order valence-corrected chi connectivity index (χ3v) is 6.26. The van der Waals surface area contributed by atoms with Gasteiger partial charge in [0.25, 0.3) is 0 Å². The van der Waals surface area contributed by atoms with Gasteiger partial charge in [-0.3, -0.25) is 9.10 Å². The minimum Gasteiger partial charge on any atom is -0.356 e. The Balaban J connectivity index is 1.73. The molecule has 0 atom stereocenters. The van der Waals surface area contributed by atoms with Gasteiger partial charge in [0.15, 0.2) is 0 Å². The fourth-order valence-electron chi connectivity index (χ4n) is 3.33. The van der Waals surface area contributed by atoms with E-state index < -0.39 is 10.0 Å². The second kappa shape index (κ2) is 11.2. The van der Waals surface area contributed by atoms with Crippen molar-refractivity contribution in [2.75, 3.05) is 23.7 Å². The molecule has 6 heteroatoms. The van der Waals surface area contributed by atoms with Gasteiger partial charge >= 0.3 is 0 Å². The van der Waals surface area contributed by atoms with E-state index in [-0.39, 0.29) is 12.5 Å². The van der Waals surface area contributed by atoms with Crippen LogP contribution in [-0.4, -0.2) is 33.7 Å². The van der Waals surface area contributed by atoms with Crippen LogP contribution in [0.4, 0.5) is 5.69 Å². The Bertz CT molecular complexity index is 922. The number of nitrogens with one attached hydrogen (secondary N) is 1. The Hall–Kier alpha value is -2.34. The van der Waals surface area contributed by atoms with Crippen molar-refractivity contribution in [2.45, 2.75) is 52.4 Å². The molecular weight excluding hydrogens is 396 g/mol. The first-order valence-electron chi connectivity index (χ1n) is 10.6. The summed E-state index contributed by atoms with van der Waals surface area (Å²) in [7, 11) is -3.39. The molecule has 164 valence electrons. The zero-order valence-electron chi connectivity index (χ0n) is 18.5. The second-order valence-corrected chi connectivity index (χ2v) is 10.0. The van der Waals surface area contributed by atoms with Crippen molar-refractivity contribution < 1.29 is 13.2 Å². The number of nitrogens with zero attached hydrogens (tertiary/aromatic N) is 1. The Morgan fingerprint density at radius 3 is 2.37 bits per heavy atom. The molecular formula is C24H34N2O3S. The standard InChI is InChI=1S/C24H34N2O3S/c1-19(2)22-14-12-21(13-15-22)9-6-16-25-24(27)11-7-17-26(30(4,28)29)23-10-5-8-20(3)18-23/h5,8,10,12-15,18-19H,6-7,9,11,16-17H2,1-4H3,(H,25,27). The van der Waals surface area contributed by atoms with Crippen LogP contribution in [0.15, 0.2) is 48.5 Å². The highest BCUT2D eigenvalue weighted by molar-refractivity contribution is 7.92. The zero-order valence-corrected chi connectivity index (χ0v) is 19.3. The van der Waals surface area contributed by atoms with Crippen LogP contribution >= 0.6 is 0 Å². The van der Waals surface area contributed by atoms with Crippen LogP contribution in [0.1, 0.15) is 55.7 Å². The van der Waals surface area contributed by atoms with E-state index >= 15 is 0 Å². The van der Waals surface area contributed by atoms with Crippen LogP contribution < -0.4 is 9.62 Å². The number of anilines is 1. The molecule has 30 heavy (non-hydrogen) atoms. The van der Waals surface area contributed by atoms with Gasteiger partial charge in [-0.15, -0.1) is 0 Å². The summed E-state index contributed by atoms with van der Waals surface area (Å²) in [4.78, 5) is 12.1. The van der Waals surface area contributed by atoms with Crippen molar-refractivity contribution >= 4 is 21.6 Å². The monoisotopic (exact) mass is 430 g/mol. The molecule has 0 fully saturated rings. The first kappa shape index (κ1) is 23.9. The molecule has 0 bridgehead atoms. The van der Waals surface area contributed by atoms with E-state index in [0.717, 1.165) is 18.4 Å². The number of benzene rings is 2. The first-order chi connectivity index (χ1) is 14.2. The molecule has 0 spiro atoms.